The maximum absolute atomic E-state index is 3.43. The average molecular weight is 223 g/mol. The molecular weight excluding hydrogens is 202 g/mol. The van der Waals surface area contributed by atoms with Crippen molar-refractivity contribution in [2.45, 2.75) is 27.2 Å². The maximum atomic E-state index is 3.43. The summed E-state index contributed by atoms with van der Waals surface area (Å²) in [6.45, 7) is 8.81. The number of nitrogens with one attached hydrogen (secondary N) is 1. The van der Waals surface area contributed by atoms with Crippen LogP contribution in [0.1, 0.15) is 30.7 Å². The molecule has 1 N–H and O–H groups in total. The Hall–Kier alpha value is -0.600. The van der Waals surface area contributed by atoms with Gasteiger partial charge in [0.2, 0.25) is 0 Å². The van der Waals surface area contributed by atoms with Gasteiger partial charge in [0.1, 0.15) is 0 Å². The lowest BCUT2D eigenvalue weighted by molar-refractivity contribution is 0.557. The second-order valence-electron chi connectivity index (χ2n) is 4.28. The minimum atomic E-state index is 0.744. The molecule has 0 spiro atoms. The summed E-state index contributed by atoms with van der Waals surface area (Å²) in [6.07, 6.45) is 5.57. The van der Waals surface area contributed by atoms with Gasteiger partial charge in [0.05, 0.1) is 0 Å². The molecule has 0 saturated heterocycles. The highest BCUT2D eigenvalue weighted by Gasteiger charge is 1.92. The SMILES string of the molecule is Cc1cc(C=CCCNCC(C)C)cs1. The monoisotopic (exact) mass is 223 g/mol. The van der Waals surface area contributed by atoms with Crippen LogP contribution >= 0.6 is 11.3 Å². The lowest BCUT2D eigenvalue weighted by atomic mass is 10.2. The summed E-state index contributed by atoms with van der Waals surface area (Å²) in [6, 6.07) is 2.22. The van der Waals surface area contributed by atoms with Crippen molar-refractivity contribution in [3.8, 4) is 0 Å². The van der Waals surface area contributed by atoms with E-state index in [2.05, 4.69) is 49.7 Å². The quantitative estimate of drug-likeness (QED) is 0.725. The Bertz CT molecular complexity index is 299. The summed E-state index contributed by atoms with van der Waals surface area (Å²) in [4.78, 5) is 1.38. The predicted molar refractivity (Wildman–Crippen MR) is 70.4 cm³/mol. The molecule has 0 amide bonds. The first-order valence-electron chi connectivity index (χ1n) is 5.61. The third-order valence-corrected chi connectivity index (χ3v) is 2.98. The van der Waals surface area contributed by atoms with Crippen LogP contribution in [0.2, 0.25) is 0 Å². The van der Waals surface area contributed by atoms with Crippen LogP contribution in [0.4, 0.5) is 0 Å². The fraction of sp³-hybridized carbons (Fsp3) is 0.538. The molecule has 15 heavy (non-hydrogen) atoms. The number of thiophene rings is 1. The van der Waals surface area contributed by atoms with Crippen molar-refractivity contribution in [2.24, 2.45) is 5.92 Å². The second kappa shape index (κ2) is 6.81. The summed E-state index contributed by atoms with van der Waals surface area (Å²) < 4.78 is 0. The molecule has 0 bridgehead atoms. The van der Waals surface area contributed by atoms with Crippen LogP contribution in [0.15, 0.2) is 17.5 Å². The van der Waals surface area contributed by atoms with Crippen molar-refractivity contribution in [3.05, 3.63) is 28.0 Å². The summed E-state index contributed by atoms with van der Waals surface area (Å²) in [5, 5.41) is 5.63. The van der Waals surface area contributed by atoms with Crippen molar-refractivity contribution >= 4 is 17.4 Å². The van der Waals surface area contributed by atoms with Crippen molar-refractivity contribution < 1.29 is 0 Å². The third kappa shape index (κ3) is 5.75. The first kappa shape index (κ1) is 12.5. The molecular formula is C13H21NS. The Morgan fingerprint density at radius 2 is 2.27 bits per heavy atom. The van der Waals surface area contributed by atoms with Gasteiger partial charge in [-0.05, 0) is 49.4 Å². The first-order valence-corrected chi connectivity index (χ1v) is 6.49. The minimum absolute atomic E-state index is 0.744. The van der Waals surface area contributed by atoms with E-state index in [1.54, 1.807) is 0 Å². The maximum Gasteiger partial charge on any atom is 0.00203 e. The lowest BCUT2D eigenvalue weighted by Gasteiger charge is -2.04. The summed E-state index contributed by atoms with van der Waals surface area (Å²) in [5.41, 5.74) is 1.33. The van der Waals surface area contributed by atoms with E-state index >= 15 is 0 Å². The molecule has 0 aliphatic rings. The average Bonchev–Trinajstić information content (AvgIpc) is 2.57. The molecule has 0 radical (unpaired) electrons. The number of aryl methyl sites for hydroxylation is 1. The molecule has 0 unspecified atom stereocenters. The van der Waals surface area contributed by atoms with Gasteiger partial charge >= 0.3 is 0 Å². The first-order chi connectivity index (χ1) is 7.18. The highest BCUT2D eigenvalue weighted by atomic mass is 32.1. The van der Waals surface area contributed by atoms with Crippen molar-refractivity contribution in [3.63, 3.8) is 0 Å². The lowest BCUT2D eigenvalue weighted by Crippen LogP contribution is -2.20. The Balaban J connectivity index is 2.12. The fourth-order valence-corrected chi connectivity index (χ4v) is 2.02. The Morgan fingerprint density at radius 1 is 1.47 bits per heavy atom. The van der Waals surface area contributed by atoms with Crippen molar-refractivity contribution in [2.75, 3.05) is 13.1 Å². The number of hydrogen-bond acceptors (Lipinski definition) is 2. The van der Waals surface area contributed by atoms with E-state index in [0.717, 1.165) is 25.4 Å². The van der Waals surface area contributed by atoms with Gasteiger partial charge in [0, 0.05) is 4.88 Å². The van der Waals surface area contributed by atoms with E-state index in [0.29, 0.717) is 0 Å². The Morgan fingerprint density at radius 3 is 2.87 bits per heavy atom. The molecule has 0 fully saturated rings. The van der Waals surface area contributed by atoms with Crippen LogP contribution in [-0.2, 0) is 0 Å². The zero-order valence-corrected chi connectivity index (χ0v) is 10.7. The largest absolute Gasteiger partial charge is 0.316 e. The summed E-state index contributed by atoms with van der Waals surface area (Å²) >= 11 is 1.81. The Kier molecular flexibility index (Phi) is 5.66. The highest BCUT2D eigenvalue weighted by molar-refractivity contribution is 7.10. The van der Waals surface area contributed by atoms with Gasteiger partial charge in [-0.2, -0.15) is 0 Å². The van der Waals surface area contributed by atoms with E-state index in [-0.39, 0.29) is 0 Å². The van der Waals surface area contributed by atoms with Crippen LogP contribution < -0.4 is 5.32 Å². The third-order valence-electron chi connectivity index (χ3n) is 2.10. The van der Waals surface area contributed by atoms with Gasteiger partial charge in [-0.1, -0.05) is 26.0 Å². The molecule has 1 nitrogen and oxygen atoms in total. The van der Waals surface area contributed by atoms with E-state index in [1.807, 2.05) is 11.3 Å². The molecule has 1 aromatic rings. The molecule has 84 valence electrons. The predicted octanol–water partition coefficient (Wildman–Crippen LogP) is 3.71. The molecule has 0 aliphatic carbocycles. The van der Waals surface area contributed by atoms with E-state index in [9.17, 15) is 0 Å². The topological polar surface area (TPSA) is 12.0 Å². The van der Waals surface area contributed by atoms with Crippen molar-refractivity contribution in [1.29, 1.82) is 0 Å². The smallest absolute Gasteiger partial charge is 0.00203 e. The molecule has 1 heterocycles. The van der Waals surface area contributed by atoms with Crippen molar-refractivity contribution in [1.82, 2.24) is 5.32 Å². The molecule has 0 saturated carbocycles. The van der Waals surface area contributed by atoms with Crippen LogP contribution in [0.25, 0.3) is 6.08 Å². The van der Waals surface area contributed by atoms with E-state index < -0.39 is 0 Å². The second-order valence-corrected chi connectivity index (χ2v) is 5.40. The van der Waals surface area contributed by atoms with Crippen LogP contribution in [0.3, 0.4) is 0 Å². The Labute approximate surface area is 97.2 Å². The van der Waals surface area contributed by atoms with Crippen LogP contribution in [0.5, 0.6) is 0 Å². The zero-order valence-electron chi connectivity index (χ0n) is 9.92. The van der Waals surface area contributed by atoms with Gasteiger partial charge in [-0.3, -0.25) is 0 Å². The molecule has 1 rings (SSSR count). The fourth-order valence-electron chi connectivity index (χ4n) is 1.35. The molecule has 0 aromatic carbocycles. The van der Waals surface area contributed by atoms with E-state index in [1.165, 1.54) is 10.4 Å². The number of hydrogen-bond donors (Lipinski definition) is 1. The van der Waals surface area contributed by atoms with Gasteiger partial charge in [-0.25, -0.2) is 0 Å². The normalized spacial score (nSPS) is 11.7. The highest BCUT2D eigenvalue weighted by Crippen LogP contribution is 2.14. The zero-order chi connectivity index (χ0) is 11.1. The standard InChI is InChI=1S/C13H21NS/c1-11(2)9-14-7-5-4-6-13-8-12(3)15-10-13/h4,6,8,10-11,14H,5,7,9H2,1-3H3. The van der Waals surface area contributed by atoms with Gasteiger partial charge in [-0.15, -0.1) is 11.3 Å². The summed E-state index contributed by atoms with van der Waals surface area (Å²) in [5.74, 6) is 0.744. The minimum Gasteiger partial charge on any atom is -0.316 e. The van der Waals surface area contributed by atoms with Gasteiger partial charge < -0.3 is 5.32 Å². The van der Waals surface area contributed by atoms with E-state index in [4.69, 9.17) is 0 Å². The molecule has 1 aromatic heterocycles. The number of rotatable bonds is 6. The summed E-state index contributed by atoms with van der Waals surface area (Å²) in [7, 11) is 0. The van der Waals surface area contributed by atoms with Gasteiger partial charge in [0.25, 0.3) is 0 Å². The van der Waals surface area contributed by atoms with Gasteiger partial charge in [0.15, 0.2) is 0 Å². The molecule has 2 heteroatoms. The van der Waals surface area contributed by atoms with Crippen LogP contribution in [-0.4, -0.2) is 13.1 Å². The molecule has 0 aliphatic heterocycles. The van der Waals surface area contributed by atoms with Crippen LogP contribution in [0, 0.1) is 12.8 Å². The molecule has 0 atom stereocenters.